The summed E-state index contributed by atoms with van der Waals surface area (Å²) in [5, 5.41) is 3.13. The molecule has 1 saturated heterocycles. The topological polar surface area (TPSA) is 79.0 Å². The zero-order valence-electron chi connectivity index (χ0n) is 18.7. The van der Waals surface area contributed by atoms with Gasteiger partial charge in [0.05, 0.1) is 13.2 Å². The monoisotopic (exact) mass is 425 g/mol. The summed E-state index contributed by atoms with van der Waals surface area (Å²) in [6.07, 6.45) is 1.06. The molecular weight excluding hydrogens is 390 g/mol. The van der Waals surface area contributed by atoms with Crippen LogP contribution in [0, 0.1) is 12.8 Å². The van der Waals surface area contributed by atoms with Gasteiger partial charge < -0.3 is 10.1 Å². The third-order valence-electron chi connectivity index (χ3n) is 5.68. The third kappa shape index (κ3) is 5.29. The van der Waals surface area contributed by atoms with E-state index in [2.05, 4.69) is 25.2 Å². The molecule has 0 unspecified atom stereocenters. The SMILES string of the molecule is COc1cc(C)c([C@@H](C)NC(=O)C2CCN(S(=O)(=O)N(C)C)CC2)cc1C(C)C. The Bertz CT molecular complexity index is 829. The molecule has 0 radical (unpaired) electrons. The van der Waals surface area contributed by atoms with E-state index in [4.69, 9.17) is 4.74 Å². The first-order chi connectivity index (χ1) is 13.5. The molecule has 1 aromatic rings. The number of rotatable bonds is 7. The minimum atomic E-state index is -3.42. The molecule has 1 aliphatic heterocycles. The average molecular weight is 426 g/mol. The summed E-state index contributed by atoms with van der Waals surface area (Å²) < 4.78 is 32.7. The quantitative estimate of drug-likeness (QED) is 0.729. The van der Waals surface area contributed by atoms with Gasteiger partial charge in [-0.25, -0.2) is 0 Å². The van der Waals surface area contributed by atoms with Crippen molar-refractivity contribution < 1.29 is 17.9 Å². The first kappa shape index (κ1) is 23.6. The van der Waals surface area contributed by atoms with Crippen LogP contribution in [0.3, 0.4) is 0 Å². The van der Waals surface area contributed by atoms with Gasteiger partial charge in [0.1, 0.15) is 5.75 Å². The second-order valence-corrected chi connectivity index (χ2v) is 10.4. The maximum absolute atomic E-state index is 12.8. The fourth-order valence-corrected chi connectivity index (χ4v) is 4.93. The average Bonchev–Trinajstić information content (AvgIpc) is 2.67. The molecule has 7 nitrogen and oxygen atoms in total. The highest BCUT2D eigenvalue weighted by Crippen LogP contribution is 2.32. The molecule has 1 aromatic carbocycles. The van der Waals surface area contributed by atoms with Gasteiger partial charge in [0.25, 0.3) is 10.2 Å². The van der Waals surface area contributed by atoms with Crippen LogP contribution in [0.1, 0.15) is 62.3 Å². The van der Waals surface area contributed by atoms with E-state index in [-0.39, 0.29) is 17.9 Å². The van der Waals surface area contributed by atoms with Crippen molar-refractivity contribution in [2.45, 2.75) is 52.5 Å². The normalized spacial score (nSPS) is 17.6. The molecule has 8 heteroatoms. The van der Waals surface area contributed by atoms with E-state index in [1.54, 1.807) is 7.11 Å². The fraction of sp³-hybridized carbons (Fsp3) is 0.667. The number of aryl methyl sites for hydroxylation is 1. The van der Waals surface area contributed by atoms with E-state index in [0.29, 0.717) is 31.8 Å². The molecule has 0 bridgehead atoms. The molecule has 0 aliphatic carbocycles. The molecule has 0 spiro atoms. The Kier molecular flexibility index (Phi) is 7.70. The largest absolute Gasteiger partial charge is 0.496 e. The fourth-order valence-electron chi connectivity index (χ4n) is 3.80. The Labute approximate surface area is 175 Å². The summed E-state index contributed by atoms with van der Waals surface area (Å²) in [4.78, 5) is 12.8. The molecule has 1 heterocycles. The number of carbonyl (C=O) groups excluding carboxylic acids is 1. The molecule has 164 valence electrons. The predicted octanol–water partition coefficient (Wildman–Crippen LogP) is 2.82. The minimum absolute atomic E-state index is 0.0132. The second-order valence-electron chi connectivity index (χ2n) is 8.30. The molecule has 1 aliphatic rings. The summed E-state index contributed by atoms with van der Waals surface area (Å²) in [6, 6.07) is 4.02. The van der Waals surface area contributed by atoms with Gasteiger partial charge in [-0.15, -0.1) is 0 Å². The Morgan fingerprint density at radius 3 is 2.24 bits per heavy atom. The number of nitrogens with zero attached hydrogens (tertiary/aromatic N) is 2. The number of methoxy groups -OCH3 is 1. The highest BCUT2D eigenvalue weighted by Gasteiger charge is 2.32. The zero-order valence-corrected chi connectivity index (χ0v) is 19.5. The predicted molar refractivity (Wildman–Crippen MR) is 115 cm³/mol. The van der Waals surface area contributed by atoms with Gasteiger partial charge in [0.15, 0.2) is 0 Å². The van der Waals surface area contributed by atoms with Crippen molar-refractivity contribution in [3.05, 3.63) is 28.8 Å². The van der Waals surface area contributed by atoms with E-state index >= 15 is 0 Å². The maximum Gasteiger partial charge on any atom is 0.281 e. The first-order valence-electron chi connectivity index (χ1n) is 10.1. The van der Waals surface area contributed by atoms with Crippen molar-refractivity contribution in [2.75, 3.05) is 34.3 Å². The molecule has 0 aromatic heterocycles. The summed E-state index contributed by atoms with van der Waals surface area (Å²) in [6.45, 7) is 8.99. The van der Waals surface area contributed by atoms with Crippen LogP contribution in [0.5, 0.6) is 5.75 Å². The minimum Gasteiger partial charge on any atom is -0.496 e. The summed E-state index contributed by atoms with van der Waals surface area (Å²) in [5.41, 5.74) is 3.28. The van der Waals surface area contributed by atoms with Gasteiger partial charge >= 0.3 is 0 Å². The lowest BCUT2D eigenvalue weighted by atomic mass is 9.92. The highest BCUT2D eigenvalue weighted by molar-refractivity contribution is 7.86. The van der Waals surface area contributed by atoms with Gasteiger partial charge in [-0.3, -0.25) is 4.79 Å². The number of ether oxygens (including phenoxy) is 1. The summed E-state index contributed by atoms with van der Waals surface area (Å²) >= 11 is 0. The van der Waals surface area contributed by atoms with Crippen LogP contribution in [0.15, 0.2) is 12.1 Å². The number of nitrogens with one attached hydrogen (secondary N) is 1. The van der Waals surface area contributed by atoms with Crippen molar-refractivity contribution >= 4 is 16.1 Å². The van der Waals surface area contributed by atoms with Crippen LogP contribution in [-0.4, -0.2) is 57.2 Å². The van der Waals surface area contributed by atoms with Crippen LogP contribution >= 0.6 is 0 Å². The molecule has 1 N–H and O–H groups in total. The van der Waals surface area contributed by atoms with Crippen molar-refractivity contribution in [2.24, 2.45) is 5.92 Å². The summed E-state index contributed by atoms with van der Waals surface area (Å²) in [7, 11) is 1.31. The van der Waals surface area contributed by atoms with E-state index in [9.17, 15) is 13.2 Å². The third-order valence-corrected chi connectivity index (χ3v) is 7.62. The van der Waals surface area contributed by atoms with Crippen LogP contribution in [0.4, 0.5) is 0 Å². The van der Waals surface area contributed by atoms with Gasteiger partial charge in [-0.05, 0) is 61.4 Å². The smallest absolute Gasteiger partial charge is 0.281 e. The van der Waals surface area contributed by atoms with E-state index < -0.39 is 10.2 Å². The lowest BCUT2D eigenvalue weighted by Gasteiger charge is -2.32. The first-order valence-corrected chi connectivity index (χ1v) is 11.5. The Morgan fingerprint density at radius 1 is 1.17 bits per heavy atom. The number of hydrogen-bond acceptors (Lipinski definition) is 4. The van der Waals surface area contributed by atoms with E-state index in [1.165, 1.54) is 22.7 Å². The number of carbonyl (C=O) groups is 1. The van der Waals surface area contributed by atoms with Crippen molar-refractivity contribution in [3.8, 4) is 5.75 Å². The van der Waals surface area contributed by atoms with Crippen molar-refractivity contribution in [1.29, 1.82) is 0 Å². The van der Waals surface area contributed by atoms with Crippen molar-refractivity contribution in [1.82, 2.24) is 13.9 Å². The zero-order chi connectivity index (χ0) is 21.9. The highest BCUT2D eigenvalue weighted by atomic mass is 32.2. The lowest BCUT2D eigenvalue weighted by Crippen LogP contribution is -2.47. The standard InChI is InChI=1S/C21H35N3O4S/c1-14(2)18-13-19(15(3)12-20(18)28-7)16(4)22-21(25)17-8-10-24(11-9-17)29(26,27)23(5)6/h12-14,16-17H,8-11H2,1-7H3,(H,22,25)/t16-/m1/s1. The molecule has 0 saturated carbocycles. The van der Waals surface area contributed by atoms with Crippen LogP contribution in [0.25, 0.3) is 0 Å². The molecular formula is C21H35N3O4S. The Morgan fingerprint density at radius 2 is 1.76 bits per heavy atom. The van der Waals surface area contributed by atoms with Gasteiger partial charge in [0, 0.05) is 33.1 Å². The molecule has 1 fully saturated rings. The molecule has 29 heavy (non-hydrogen) atoms. The lowest BCUT2D eigenvalue weighted by molar-refractivity contribution is -0.126. The Balaban J connectivity index is 2.06. The van der Waals surface area contributed by atoms with Crippen LogP contribution in [0.2, 0.25) is 0 Å². The van der Waals surface area contributed by atoms with Gasteiger partial charge in [-0.2, -0.15) is 17.0 Å². The van der Waals surface area contributed by atoms with Crippen LogP contribution in [-0.2, 0) is 15.0 Å². The van der Waals surface area contributed by atoms with Gasteiger partial charge in [-0.1, -0.05) is 13.8 Å². The molecule has 1 atom stereocenters. The maximum atomic E-state index is 12.8. The van der Waals surface area contributed by atoms with Crippen LogP contribution < -0.4 is 10.1 Å². The van der Waals surface area contributed by atoms with E-state index in [0.717, 1.165) is 22.4 Å². The number of hydrogen-bond donors (Lipinski definition) is 1. The molecule has 1 amide bonds. The summed E-state index contributed by atoms with van der Waals surface area (Å²) in [5.74, 6) is 0.999. The Hall–Kier alpha value is -1.64. The van der Waals surface area contributed by atoms with Gasteiger partial charge in [0.2, 0.25) is 5.91 Å². The van der Waals surface area contributed by atoms with Crippen molar-refractivity contribution in [3.63, 3.8) is 0 Å². The number of piperidine rings is 1. The van der Waals surface area contributed by atoms with E-state index in [1.807, 2.05) is 19.9 Å². The molecule has 2 rings (SSSR count). The second kappa shape index (κ2) is 9.45. The number of benzene rings is 1. The number of amides is 1.